The number of thioether (sulfide) groups is 1. The van der Waals surface area contributed by atoms with Crippen molar-refractivity contribution >= 4 is 50.4 Å². The van der Waals surface area contributed by atoms with E-state index < -0.39 is 0 Å². The molecule has 1 aromatic carbocycles. The summed E-state index contributed by atoms with van der Waals surface area (Å²) in [5, 5.41) is 18.7. The molecule has 0 atom stereocenters. The fraction of sp³-hybridized carbons (Fsp3) is 0.312. The molecule has 0 radical (unpaired) electrons. The second-order valence-corrected chi connectivity index (χ2v) is 8.22. The van der Waals surface area contributed by atoms with Crippen molar-refractivity contribution in [2.75, 3.05) is 30.9 Å². The summed E-state index contributed by atoms with van der Waals surface area (Å²) in [6.45, 7) is 3.47. The molecule has 0 spiro atoms. The number of hydrogen-bond donors (Lipinski definition) is 2. The molecule has 0 unspecified atom stereocenters. The van der Waals surface area contributed by atoms with Crippen LogP contribution < -0.4 is 10.6 Å². The maximum atomic E-state index is 5.00. The van der Waals surface area contributed by atoms with E-state index in [-0.39, 0.29) is 0 Å². The second-order valence-electron chi connectivity index (χ2n) is 5.17. The number of hydrogen-bond acceptors (Lipinski definition) is 9. The summed E-state index contributed by atoms with van der Waals surface area (Å²) in [6, 6.07) is 8.20. The molecule has 2 aromatic heterocycles. The SMILES string of the molecule is COCCNc1nnc(SCc2csc(Nc3ccccc3C)n2)s1. The third kappa shape index (κ3) is 5.40. The molecule has 0 aliphatic heterocycles. The Morgan fingerprint density at radius 2 is 2.08 bits per heavy atom. The number of thiazole rings is 1. The number of nitrogens with zero attached hydrogens (tertiary/aromatic N) is 3. The van der Waals surface area contributed by atoms with Crippen LogP contribution >= 0.6 is 34.4 Å². The van der Waals surface area contributed by atoms with E-state index in [0.717, 1.165) is 38.3 Å². The number of para-hydroxylation sites is 1. The molecule has 0 saturated heterocycles. The molecule has 2 N–H and O–H groups in total. The third-order valence-corrected chi connectivity index (χ3v) is 6.13. The number of nitrogens with one attached hydrogen (secondary N) is 2. The van der Waals surface area contributed by atoms with Gasteiger partial charge in [-0.2, -0.15) is 0 Å². The Hall–Kier alpha value is -1.68. The number of rotatable bonds is 9. The van der Waals surface area contributed by atoms with Crippen molar-refractivity contribution in [1.82, 2.24) is 15.2 Å². The Morgan fingerprint density at radius 3 is 2.92 bits per heavy atom. The first-order valence-electron chi connectivity index (χ1n) is 7.71. The summed E-state index contributed by atoms with van der Waals surface area (Å²) in [5.41, 5.74) is 3.33. The van der Waals surface area contributed by atoms with Crippen molar-refractivity contribution in [2.24, 2.45) is 0 Å². The van der Waals surface area contributed by atoms with E-state index in [2.05, 4.69) is 50.3 Å². The predicted octanol–water partition coefficient (Wildman–Crippen LogP) is 4.40. The third-order valence-electron chi connectivity index (χ3n) is 3.27. The molecule has 3 rings (SSSR count). The van der Waals surface area contributed by atoms with Crippen LogP contribution in [0, 0.1) is 6.92 Å². The minimum atomic E-state index is 0.650. The van der Waals surface area contributed by atoms with Crippen molar-refractivity contribution in [3.05, 3.63) is 40.9 Å². The molecular formula is C16H19N5OS3. The molecule has 25 heavy (non-hydrogen) atoms. The molecule has 3 aromatic rings. The van der Waals surface area contributed by atoms with Crippen molar-refractivity contribution in [1.29, 1.82) is 0 Å². The van der Waals surface area contributed by atoms with E-state index in [4.69, 9.17) is 4.74 Å². The highest BCUT2D eigenvalue weighted by atomic mass is 32.2. The first kappa shape index (κ1) is 18.1. The fourth-order valence-corrected chi connectivity index (χ4v) is 4.49. The van der Waals surface area contributed by atoms with Gasteiger partial charge in [-0.25, -0.2) is 4.98 Å². The summed E-state index contributed by atoms with van der Waals surface area (Å²) < 4.78 is 5.94. The first-order chi connectivity index (χ1) is 12.2. The molecule has 0 fully saturated rings. The van der Waals surface area contributed by atoms with E-state index in [9.17, 15) is 0 Å². The van der Waals surface area contributed by atoms with Gasteiger partial charge in [-0.1, -0.05) is 41.3 Å². The van der Waals surface area contributed by atoms with Crippen LogP contribution in [0.4, 0.5) is 16.0 Å². The van der Waals surface area contributed by atoms with Crippen LogP contribution in [0.5, 0.6) is 0 Å². The largest absolute Gasteiger partial charge is 0.383 e. The zero-order valence-corrected chi connectivity index (χ0v) is 16.4. The molecule has 0 saturated carbocycles. The standard InChI is InChI=1S/C16H19N5OS3/c1-11-5-3-4-6-13(11)19-15-18-12(9-23-15)10-24-16-21-20-14(25-16)17-7-8-22-2/h3-6,9H,7-8,10H2,1-2H3,(H,17,20)(H,18,19). The summed E-state index contributed by atoms with van der Waals surface area (Å²) in [5.74, 6) is 0.776. The number of aryl methyl sites for hydroxylation is 1. The average molecular weight is 394 g/mol. The van der Waals surface area contributed by atoms with Gasteiger partial charge in [-0.05, 0) is 18.6 Å². The number of benzene rings is 1. The normalized spacial score (nSPS) is 10.8. The average Bonchev–Trinajstić information content (AvgIpc) is 3.25. The van der Waals surface area contributed by atoms with Gasteiger partial charge in [0.25, 0.3) is 0 Å². The Balaban J connectivity index is 1.51. The minimum Gasteiger partial charge on any atom is -0.383 e. The van der Waals surface area contributed by atoms with Crippen LogP contribution in [0.2, 0.25) is 0 Å². The zero-order valence-electron chi connectivity index (χ0n) is 14.0. The Morgan fingerprint density at radius 1 is 1.20 bits per heavy atom. The molecule has 0 bridgehead atoms. The van der Waals surface area contributed by atoms with Gasteiger partial charge in [0, 0.05) is 30.5 Å². The molecule has 0 amide bonds. The lowest BCUT2D eigenvalue weighted by atomic mass is 10.2. The van der Waals surface area contributed by atoms with E-state index in [1.54, 1.807) is 41.5 Å². The van der Waals surface area contributed by atoms with Gasteiger partial charge in [-0.15, -0.1) is 21.5 Å². The lowest BCUT2D eigenvalue weighted by Gasteiger charge is -2.05. The number of anilines is 3. The fourth-order valence-electron chi connectivity index (χ4n) is 1.99. The van der Waals surface area contributed by atoms with Crippen molar-refractivity contribution in [3.8, 4) is 0 Å². The zero-order chi connectivity index (χ0) is 17.5. The van der Waals surface area contributed by atoms with Gasteiger partial charge >= 0.3 is 0 Å². The van der Waals surface area contributed by atoms with Crippen LogP contribution in [0.1, 0.15) is 11.3 Å². The monoisotopic (exact) mass is 393 g/mol. The van der Waals surface area contributed by atoms with Gasteiger partial charge in [0.2, 0.25) is 5.13 Å². The quantitative estimate of drug-likeness (QED) is 0.412. The summed E-state index contributed by atoms with van der Waals surface area (Å²) in [7, 11) is 1.68. The molecular weight excluding hydrogens is 374 g/mol. The van der Waals surface area contributed by atoms with E-state index >= 15 is 0 Å². The maximum Gasteiger partial charge on any atom is 0.206 e. The molecule has 0 aliphatic carbocycles. The number of methoxy groups -OCH3 is 1. The van der Waals surface area contributed by atoms with Gasteiger partial charge < -0.3 is 15.4 Å². The number of ether oxygens (including phenoxy) is 1. The molecule has 2 heterocycles. The summed E-state index contributed by atoms with van der Waals surface area (Å²) in [6.07, 6.45) is 0. The Bertz CT molecular complexity index is 804. The van der Waals surface area contributed by atoms with Crippen LogP contribution in [0.25, 0.3) is 0 Å². The highest BCUT2D eigenvalue weighted by Crippen LogP contribution is 2.30. The van der Waals surface area contributed by atoms with Crippen LogP contribution in [0.15, 0.2) is 34.0 Å². The van der Waals surface area contributed by atoms with Gasteiger partial charge in [0.05, 0.1) is 12.3 Å². The van der Waals surface area contributed by atoms with E-state index in [1.807, 2.05) is 12.1 Å². The smallest absolute Gasteiger partial charge is 0.206 e. The van der Waals surface area contributed by atoms with Crippen molar-refractivity contribution in [3.63, 3.8) is 0 Å². The lowest BCUT2D eigenvalue weighted by Crippen LogP contribution is -2.06. The van der Waals surface area contributed by atoms with Crippen LogP contribution in [-0.4, -0.2) is 35.4 Å². The molecule has 9 heteroatoms. The Labute approximate surface area is 159 Å². The summed E-state index contributed by atoms with van der Waals surface area (Å²) >= 11 is 4.81. The lowest BCUT2D eigenvalue weighted by molar-refractivity contribution is 0.211. The first-order valence-corrected chi connectivity index (χ1v) is 10.4. The topological polar surface area (TPSA) is 72.0 Å². The molecule has 132 valence electrons. The molecule has 0 aliphatic rings. The predicted molar refractivity (Wildman–Crippen MR) is 106 cm³/mol. The van der Waals surface area contributed by atoms with E-state index in [0.29, 0.717) is 6.61 Å². The summed E-state index contributed by atoms with van der Waals surface area (Å²) in [4.78, 5) is 4.64. The van der Waals surface area contributed by atoms with Gasteiger partial charge in [0.1, 0.15) is 0 Å². The Kier molecular flexibility index (Phi) is 6.62. The highest BCUT2D eigenvalue weighted by molar-refractivity contribution is 8.00. The second kappa shape index (κ2) is 9.14. The van der Waals surface area contributed by atoms with Crippen molar-refractivity contribution < 1.29 is 4.74 Å². The van der Waals surface area contributed by atoms with Crippen LogP contribution in [0.3, 0.4) is 0 Å². The molecule has 6 nitrogen and oxygen atoms in total. The van der Waals surface area contributed by atoms with Crippen LogP contribution in [-0.2, 0) is 10.5 Å². The van der Waals surface area contributed by atoms with Gasteiger partial charge in [0.15, 0.2) is 9.47 Å². The highest BCUT2D eigenvalue weighted by Gasteiger charge is 2.08. The number of aromatic nitrogens is 3. The van der Waals surface area contributed by atoms with E-state index in [1.165, 1.54) is 5.56 Å². The van der Waals surface area contributed by atoms with Gasteiger partial charge in [-0.3, -0.25) is 0 Å². The minimum absolute atomic E-state index is 0.650. The maximum absolute atomic E-state index is 5.00. The van der Waals surface area contributed by atoms with Crippen molar-refractivity contribution in [2.45, 2.75) is 17.0 Å².